The lowest BCUT2D eigenvalue weighted by molar-refractivity contribution is -0.529. The summed E-state index contributed by atoms with van der Waals surface area (Å²) in [5, 5.41) is 18.7. The van der Waals surface area contributed by atoms with Crippen LogP contribution in [0.2, 0.25) is 0 Å². The molecule has 3 aromatic carbocycles. The Morgan fingerprint density at radius 2 is 1.69 bits per heavy atom. The minimum absolute atomic E-state index is 0.183. The number of hydrogen-bond acceptors (Lipinski definition) is 6. The number of Topliss-reactive ketones (excluding diaryl/α,β-unsaturated/α-hetero) is 1. The van der Waals surface area contributed by atoms with Gasteiger partial charge in [0.1, 0.15) is 17.8 Å². The van der Waals surface area contributed by atoms with E-state index in [9.17, 15) is 14.9 Å². The van der Waals surface area contributed by atoms with E-state index < -0.39 is 24.0 Å². The summed E-state index contributed by atoms with van der Waals surface area (Å²) in [6.45, 7) is 0. The van der Waals surface area contributed by atoms with Gasteiger partial charge >= 0.3 is 0 Å². The zero-order valence-electron chi connectivity index (χ0n) is 17.4. The molecule has 160 valence electrons. The number of ether oxygens (including phenoxy) is 1. The average molecular weight is 427 g/mol. The molecule has 4 atom stereocenters. The molecule has 32 heavy (non-hydrogen) atoms. The maximum Gasteiger partial charge on any atom is 0.248 e. The molecule has 7 nitrogen and oxygen atoms in total. The lowest BCUT2D eigenvalue weighted by Crippen LogP contribution is -2.38. The van der Waals surface area contributed by atoms with Gasteiger partial charge < -0.3 is 4.74 Å². The summed E-state index contributed by atoms with van der Waals surface area (Å²) >= 11 is 0. The molecule has 7 heteroatoms. The molecule has 2 aliphatic heterocycles. The number of methoxy groups -OCH3 is 1. The van der Waals surface area contributed by atoms with E-state index in [-0.39, 0.29) is 10.7 Å². The largest absolute Gasteiger partial charge is 0.497 e. The molecule has 2 heterocycles. The Kier molecular flexibility index (Phi) is 4.93. The number of ketones is 1. The molecule has 0 N–H and O–H groups in total. The van der Waals surface area contributed by atoms with Gasteiger partial charge in [0.05, 0.1) is 19.2 Å². The van der Waals surface area contributed by atoms with Crippen LogP contribution in [0, 0.1) is 10.1 Å². The van der Waals surface area contributed by atoms with Gasteiger partial charge in [0, 0.05) is 16.1 Å². The number of carbonyl (C=O) groups excluding carboxylic acids is 1. The molecular weight excluding hydrogens is 406 g/mol. The molecule has 0 aliphatic carbocycles. The Balaban J connectivity index is 1.69. The molecule has 0 radical (unpaired) electrons. The highest BCUT2D eigenvalue weighted by atomic mass is 16.6. The Hall–Kier alpha value is -4.00. The second-order valence-corrected chi connectivity index (χ2v) is 7.95. The van der Waals surface area contributed by atoms with E-state index in [0.717, 1.165) is 11.1 Å². The lowest BCUT2D eigenvalue weighted by atomic mass is 9.82. The van der Waals surface area contributed by atoms with Crippen LogP contribution in [0.1, 0.15) is 39.0 Å². The van der Waals surface area contributed by atoms with Crippen LogP contribution >= 0.6 is 0 Å². The predicted molar refractivity (Wildman–Crippen MR) is 120 cm³/mol. The summed E-state index contributed by atoms with van der Waals surface area (Å²) in [5.74, 6) is -0.217. The molecule has 1 fully saturated rings. The molecule has 0 unspecified atom stereocenters. The van der Waals surface area contributed by atoms with Crippen LogP contribution in [-0.2, 0) is 0 Å². The number of carbonyl (C=O) groups is 1. The van der Waals surface area contributed by atoms with Gasteiger partial charge in [0.2, 0.25) is 6.04 Å². The van der Waals surface area contributed by atoms with E-state index in [4.69, 9.17) is 4.74 Å². The van der Waals surface area contributed by atoms with Crippen molar-refractivity contribution in [3.63, 3.8) is 0 Å². The molecular formula is C25H21N3O4. The number of nitro groups is 1. The maximum absolute atomic E-state index is 13.7. The molecule has 5 rings (SSSR count). The highest BCUT2D eigenvalue weighted by Gasteiger charge is 2.60. The highest BCUT2D eigenvalue weighted by Crippen LogP contribution is 2.49. The smallest absolute Gasteiger partial charge is 0.248 e. The van der Waals surface area contributed by atoms with Gasteiger partial charge in [-0.15, -0.1) is 0 Å². The monoisotopic (exact) mass is 427 g/mol. The molecule has 0 amide bonds. The van der Waals surface area contributed by atoms with Crippen molar-refractivity contribution in [1.29, 1.82) is 0 Å². The van der Waals surface area contributed by atoms with Gasteiger partial charge in [-0.1, -0.05) is 66.7 Å². The van der Waals surface area contributed by atoms with Gasteiger partial charge in [-0.05, 0) is 23.3 Å². The minimum atomic E-state index is -1.04. The Labute approximate surface area is 185 Å². The molecule has 0 bridgehead atoms. The van der Waals surface area contributed by atoms with E-state index in [1.807, 2.05) is 30.3 Å². The first-order valence-electron chi connectivity index (χ1n) is 10.4. The summed E-state index contributed by atoms with van der Waals surface area (Å²) in [5.41, 5.74) is 2.87. The van der Waals surface area contributed by atoms with Crippen LogP contribution < -0.4 is 4.74 Å². The first-order chi connectivity index (χ1) is 15.6. The highest BCUT2D eigenvalue weighted by molar-refractivity contribution is 6.01. The van der Waals surface area contributed by atoms with E-state index in [1.165, 1.54) is 0 Å². The van der Waals surface area contributed by atoms with Crippen LogP contribution in [0.15, 0.2) is 84.0 Å². The zero-order valence-corrected chi connectivity index (χ0v) is 17.4. The first kappa shape index (κ1) is 19.9. The van der Waals surface area contributed by atoms with E-state index in [2.05, 4.69) is 5.10 Å². The SMILES string of the molecule is COc1ccc([C@H]2[C@@H]([N+](=O)[O-])[C@@H]3c4ccccc4C=NN3[C@H]2C(=O)c2ccccc2)cc1. The minimum Gasteiger partial charge on any atom is -0.497 e. The van der Waals surface area contributed by atoms with Gasteiger partial charge in [-0.3, -0.25) is 19.9 Å². The topological polar surface area (TPSA) is 85.0 Å². The Morgan fingerprint density at radius 1 is 1.00 bits per heavy atom. The fourth-order valence-corrected chi connectivity index (χ4v) is 4.88. The Bertz CT molecular complexity index is 1190. The number of hydrazone groups is 1. The van der Waals surface area contributed by atoms with Crippen LogP contribution in [0.5, 0.6) is 5.75 Å². The summed E-state index contributed by atoms with van der Waals surface area (Å²) in [6, 6.07) is 21.1. The summed E-state index contributed by atoms with van der Waals surface area (Å²) in [6.07, 6.45) is 1.69. The first-order valence-corrected chi connectivity index (χ1v) is 10.4. The summed E-state index contributed by atoms with van der Waals surface area (Å²) in [4.78, 5) is 25.9. The van der Waals surface area contributed by atoms with Crippen molar-refractivity contribution in [2.24, 2.45) is 5.10 Å². The maximum atomic E-state index is 13.7. The summed E-state index contributed by atoms with van der Waals surface area (Å²) < 4.78 is 5.26. The second-order valence-electron chi connectivity index (χ2n) is 7.95. The van der Waals surface area contributed by atoms with E-state index in [1.54, 1.807) is 66.9 Å². The van der Waals surface area contributed by atoms with Gasteiger partial charge in [0.25, 0.3) is 0 Å². The standard InChI is InChI=1S/C25H21N3O4/c1-32-19-13-11-16(12-14-19)21-23(28(30)31)22-20-10-6-5-9-18(20)15-26-27(22)24(21)25(29)17-7-3-2-4-8-17/h2-15,21-24H,1H3/t21-,22-,23+,24+/m0/s1. The third-order valence-electron chi connectivity index (χ3n) is 6.32. The molecule has 1 saturated heterocycles. The third-order valence-corrected chi connectivity index (χ3v) is 6.32. The van der Waals surface area contributed by atoms with Crippen LogP contribution in [0.4, 0.5) is 0 Å². The normalized spacial score (nSPS) is 23.3. The molecule has 0 spiro atoms. The average Bonchev–Trinajstić information content (AvgIpc) is 3.20. The van der Waals surface area contributed by atoms with Crippen molar-refractivity contribution >= 4 is 12.0 Å². The molecule has 2 aliphatic rings. The van der Waals surface area contributed by atoms with Crippen molar-refractivity contribution in [2.45, 2.75) is 24.0 Å². The molecule has 3 aromatic rings. The molecule has 0 saturated carbocycles. The Morgan fingerprint density at radius 3 is 2.38 bits per heavy atom. The third kappa shape index (κ3) is 3.13. The fraction of sp³-hybridized carbons (Fsp3) is 0.200. The van der Waals surface area contributed by atoms with Crippen LogP contribution in [0.3, 0.4) is 0 Å². The van der Waals surface area contributed by atoms with Crippen molar-refractivity contribution in [3.8, 4) is 5.75 Å². The summed E-state index contributed by atoms with van der Waals surface area (Å²) in [7, 11) is 1.57. The van der Waals surface area contributed by atoms with Crippen molar-refractivity contribution in [2.75, 3.05) is 7.11 Å². The van der Waals surface area contributed by atoms with E-state index in [0.29, 0.717) is 16.9 Å². The number of nitrogens with zero attached hydrogens (tertiary/aromatic N) is 3. The van der Waals surface area contributed by atoms with Crippen molar-refractivity contribution in [3.05, 3.63) is 111 Å². The number of fused-ring (bicyclic) bond motifs is 3. The quantitative estimate of drug-likeness (QED) is 0.348. The second kappa shape index (κ2) is 7.92. The predicted octanol–water partition coefficient (Wildman–Crippen LogP) is 4.08. The molecule has 0 aromatic heterocycles. The van der Waals surface area contributed by atoms with Gasteiger partial charge in [0.15, 0.2) is 5.78 Å². The van der Waals surface area contributed by atoms with Gasteiger partial charge in [-0.2, -0.15) is 5.10 Å². The number of rotatable bonds is 5. The van der Waals surface area contributed by atoms with Gasteiger partial charge in [-0.25, -0.2) is 0 Å². The van der Waals surface area contributed by atoms with Crippen LogP contribution in [-0.4, -0.2) is 41.1 Å². The number of benzene rings is 3. The number of hydrogen-bond donors (Lipinski definition) is 0. The van der Waals surface area contributed by atoms with Crippen molar-refractivity contribution in [1.82, 2.24) is 5.01 Å². The van der Waals surface area contributed by atoms with Crippen LogP contribution in [0.25, 0.3) is 0 Å². The van der Waals surface area contributed by atoms with Crippen molar-refractivity contribution < 1.29 is 14.5 Å². The lowest BCUT2D eigenvalue weighted by Gasteiger charge is -2.30. The van der Waals surface area contributed by atoms with E-state index >= 15 is 0 Å². The fourth-order valence-electron chi connectivity index (χ4n) is 4.88. The zero-order chi connectivity index (χ0) is 22.2.